The van der Waals surface area contributed by atoms with Crippen molar-refractivity contribution in [2.75, 3.05) is 0 Å². The number of para-hydroxylation sites is 2. The zero-order valence-corrected chi connectivity index (χ0v) is 26.4. The standard InChI is InChI=1S/C43H25N3OS/c1-2-13-28-26(11-1)12-9-18-29(28)30-14-3-4-17-35(30)42-44-41(27-23-24-33-32-16-6-8-22-38(32)48-39(33)25-27)45-43(46-42)36-20-10-19-34-31-15-5-7-21-37(31)47-40(34)36/h1-25H. The fraction of sp³-hybridized carbons (Fsp3) is 0. The maximum Gasteiger partial charge on any atom is 0.167 e. The van der Waals surface area contributed by atoms with Crippen molar-refractivity contribution in [2.24, 2.45) is 0 Å². The summed E-state index contributed by atoms with van der Waals surface area (Å²) in [4.78, 5) is 15.6. The monoisotopic (exact) mass is 631 g/mol. The molecule has 0 saturated heterocycles. The van der Waals surface area contributed by atoms with Crippen LogP contribution in [-0.2, 0) is 0 Å². The Bertz CT molecular complexity index is 2860. The van der Waals surface area contributed by atoms with Crippen molar-refractivity contribution in [3.63, 3.8) is 0 Å². The molecule has 224 valence electrons. The number of nitrogens with zero attached hydrogens (tertiary/aromatic N) is 3. The second-order valence-electron chi connectivity index (χ2n) is 12.0. The minimum Gasteiger partial charge on any atom is -0.455 e. The van der Waals surface area contributed by atoms with Gasteiger partial charge in [-0.25, -0.2) is 15.0 Å². The Morgan fingerprint density at radius 3 is 1.92 bits per heavy atom. The van der Waals surface area contributed by atoms with E-state index in [1.807, 2.05) is 24.3 Å². The molecule has 0 fully saturated rings. The van der Waals surface area contributed by atoms with Gasteiger partial charge in [0.2, 0.25) is 0 Å². The largest absolute Gasteiger partial charge is 0.455 e. The average Bonchev–Trinajstić information content (AvgIpc) is 3.72. The molecule has 0 bridgehead atoms. The molecule has 0 aliphatic heterocycles. The average molecular weight is 632 g/mol. The summed E-state index contributed by atoms with van der Waals surface area (Å²) in [5.41, 5.74) is 6.53. The van der Waals surface area contributed by atoms with Gasteiger partial charge in [-0.05, 0) is 46.2 Å². The van der Waals surface area contributed by atoms with E-state index in [0.29, 0.717) is 17.5 Å². The molecule has 5 heteroatoms. The Hall–Kier alpha value is -6.17. The van der Waals surface area contributed by atoms with E-state index < -0.39 is 0 Å². The van der Waals surface area contributed by atoms with E-state index in [2.05, 4.69) is 127 Å². The first-order chi connectivity index (χ1) is 23.8. The van der Waals surface area contributed by atoms with Gasteiger partial charge in [0.25, 0.3) is 0 Å². The van der Waals surface area contributed by atoms with Gasteiger partial charge < -0.3 is 4.42 Å². The van der Waals surface area contributed by atoms with E-state index in [4.69, 9.17) is 19.4 Å². The maximum atomic E-state index is 6.46. The van der Waals surface area contributed by atoms with E-state index in [9.17, 15) is 0 Å². The highest BCUT2D eigenvalue weighted by atomic mass is 32.1. The Balaban J connectivity index is 1.24. The molecule has 4 nitrogen and oxygen atoms in total. The van der Waals surface area contributed by atoms with Gasteiger partial charge in [-0.1, -0.05) is 127 Å². The molecular weight excluding hydrogens is 607 g/mol. The molecule has 0 saturated carbocycles. The summed E-state index contributed by atoms with van der Waals surface area (Å²) in [5, 5.41) is 6.98. The number of furan rings is 1. The Morgan fingerprint density at radius 1 is 0.396 bits per heavy atom. The smallest absolute Gasteiger partial charge is 0.167 e. The lowest BCUT2D eigenvalue weighted by molar-refractivity contribution is 0.669. The van der Waals surface area contributed by atoms with Gasteiger partial charge in [-0.3, -0.25) is 0 Å². The second-order valence-corrected chi connectivity index (χ2v) is 13.1. The van der Waals surface area contributed by atoms with Crippen LogP contribution in [0.3, 0.4) is 0 Å². The molecule has 3 aromatic heterocycles. The first-order valence-electron chi connectivity index (χ1n) is 15.9. The molecule has 0 radical (unpaired) electrons. The van der Waals surface area contributed by atoms with Crippen molar-refractivity contribution >= 4 is 64.2 Å². The minimum absolute atomic E-state index is 0.573. The van der Waals surface area contributed by atoms with Crippen LogP contribution in [-0.4, -0.2) is 15.0 Å². The van der Waals surface area contributed by atoms with Crippen LogP contribution in [0, 0.1) is 0 Å². The van der Waals surface area contributed by atoms with E-state index in [1.165, 1.54) is 30.9 Å². The van der Waals surface area contributed by atoms with Crippen molar-refractivity contribution in [3.05, 3.63) is 152 Å². The number of hydrogen-bond donors (Lipinski definition) is 0. The Morgan fingerprint density at radius 2 is 1.00 bits per heavy atom. The predicted molar refractivity (Wildman–Crippen MR) is 199 cm³/mol. The molecule has 0 atom stereocenters. The molecule has 3 heterocycles. The van der Waals surface area contributed by atoms with Crippen LogP contribution in [0.1, 0.15) is 0 Å². The van der Waals surface area contributed by atoms with Gasteiger partial charge in [-0.2, -0.15) is 0 Å². The van der Waals surface area contributed by atoms with Crippen molar-refractivity contribution in [1.29, 1.82) is 0 Å². The third-order valence-electron chi connectivity index (χ3n) is 9.17. The zero-order valence-electron chi connectivity index (χ0n) is 25.6. The summed E-state index contributed by atoms with van der Waals surface area (Å²) >= 11 is 1.79. The van der Waals surface area contributed by atoms with Crippen molar-refractivity contribution in [2.45, 2.75) is 0 Å². The zero-order chi connectivity index (χ0) is 31.6. The highest BCUT2D eigenvalue weighted by Crippen LogP contribution is 2.40. The number of aromatic nitrogens is 3. The molecule has 0 aliphatic carbocycles. The van der Waals surface area contributed by atoms with Gasteiger partial charge in [0, 0.05) is 42.1 Å². The first kappa shape index (κ1) is 27.0. The second kappa shape index (κ2) is 10.7. The number of rotatable bonds is 4. The summed E-state index contributed by atoms with van der Waals surface area (Å²) in [7, 11) is 0. The van der Waals surface area contributed by atoms with Crippen molar-refractivity contribution in [1.82, 2.24) is 15.0 Å². The maximum absolute atomic E-state index is 6.46. The van der Waals surface area contributed by atoms with Gasteiger partial charge in [0.1, 0.15) is 11.2 Å². The fourth-order valence-corrected chi connectivity index (χ4v) is 8.05. The van der Waals surface area contributed by atoms with Gasteiger partial charge >= 0.3 is 0 Å². The van der Waals surface area contributed by atoms with E-state index in [0.717, 1.165) is 49.8 Å². The van der Waals surface area contributed by atoms with E-state index >= 15 is 0 Å². The molecular formula is C43H25N3OS. The van der Waals surface area contributed by atoms with Crippen LogP contribution in [0.2, 0.25) is 0 Å². The van der Waals surface area contributed by atoms with E-state index in [1.54, 1.807) is 11.3 Å². The number of fused-ring (bicyclic) bond motifs is 7. The third kappa shape index (κ3) is 4.25. The van der Waals surface area contributed by atoms with Crippen LogP contribution in [0.15, 0.2) is 156 Å². The summed E-state index contributed by atoms with van der Waals surface area (Å²) < 4.78 is 8.93. The molecule has 0 amide bonds. The molecule has 10 rings (SSSR count). The summed E-state index contributed by atoms with van der Waals surface area (Å²) in [5.74, 6) is 1.81. The first-order valence-corrected chi connectivity index (χ1v) is 16.8. The fourth-order valence-electron chi connectivity index (χ4n) is 6.91. The predicted octanol–water partition coefficient (Wildman–Crippen LogP) is 12.0. The van der Waals surface area contributed by atoms with Gasteiger partial charge in [0.15, 0.2) is 17.5 Å². The van der Waals surface area contributed by atoms with Crippen LogP contribution < -0.4 is 0 Å². The molecule has 0 aliphatic rings. The van der Waals surface area contributed by atoms with Crippen LogP contribution in [0.4, 0.5) is 0 Å². The molecule has 48 heavy (non-hydrogen) atoms. The normalized spacial score (nSPS) is 11.8. The Labute approximate surface area is 279 Å². The molecule has 0 spiro atoms. The van der Waals surface area contributed by atoms with Crippen LogP contribution >= 0.6 is 11.3 Å². The minimum atomic E-state index is 0.573. The van der Waals surface area contributed by atoms with Crippen LogP contribution in [0.5, 0.6) is 0 Å². The van der Waals surface area contributed by atoms with Crippen molar-refractivity contribution < 1.29 is 4.42 Å². The molecule has 0 unspecified atom stereocenters. The SMILES string of the molecule is c1ccc(-c2cccc3ccccc23)c(-c2nc(-c3ccc4c(c3)sc3ccccc34)nc(-c3cccc4c3oc3ccccc34)n2)c1. The van der Waals surface area contributed by atoms with Gasteiger partial charge in [-0.15, -0.1) is 11.3 Å². The molecule has 0 N–H and O–H groups in total. The van der Waals surface area contributed by atoms with Gasteiger partial charge in [0.05, 0.1) is 5.56 Å². The summed E-state index contributed by atoms with van der Waals surface area (Å²) in [6, 6.07) is 52.7. The lowest BCUT2D eigenvalue weighted by atomic mass is 9.94. The highest BCUT2D eigenvalue weighted by molar-refractivity contribution is 7.25. The number of benzene rings is 7. The summed E-state index contributed by atoms with van der Waals surface area (Å²) in [6.45, 7) is 0. The van der Waals surface area contributed by atoms with Crippen LogP contribution in [0.25, 0.3) is 98.2 Å². The lowest BCUT2D eigenvalue weighted by Crippen LogP contribution is -2.01. The molecule has 10 aromatic rings. The third-order valence-corrected chi connectivity index (χ3v) is 10.3. The Kier molecular flexibility index (Phi) is 6.01. The molecule has 7 aromatic carbocycles. The number of thiophene rings is 1. The quantitative estimate of drug-likeness (QED) is 0.194. The topological polar surface area (TPSA) is 51.8 Å². The summed E-state index contributed by atoms with van der Waals surface area (Å²) in [6.07, 6.45) is 0. The van der Waals surface area contributed by atoms with Crippen molar-refractivity contribution in [3.8, 4) is 45.3 Å². The highest BCUT2D eigenvalue weighted by Gasteiger charge is 2.20. The lowest BCUT2D eigenvalue weighted by Gasteiger charge is -2.13. The van der Waals surface area contributed by atoms with E-state index in [-0.39, 0.29) is 0 Å². The number of hydrogen-bond acceptors (Lipinski definition) is 5.